The topological polar surface area (TPSA) is 72.9 Å². The van der Waals surface area contributed by atoms with Gasteiger partial charge in [0.1, 0.15) is 11.4 Å². The minimum Gasteiger partial charge on any atom is -0.476 e. The van der Waals surface area contributed by atoms with Crippen LogP contribution in [0.1, 0.15) is 52.8 Å². The number of halogens is 1. The quantitative estimate of drug-likeness (QED) is 0.570. The molecule has 2 aliphatic rings. The maximum absolute atomic E-state index is 13.2. The van der Waals surface area contributed by atoms with Crippen molar-refractivity contribution in [2.45, 2.75) is 51.2 Å². The number of alkyl halides is 1. The van der Waals surface area contributed by atoms with Crippen LogP contribution in [0.3, 0.4) is 0 Å². The molecule has 1 N–H and O–H groups in total. The molecular formula is C21H32FN3O4. The lowest BCUT2D eigenvalue weighted by Gasteiger charge is -2.40. The van der Waals surface area contributed by atoms with E-state index in [0.717, 1.165) is 31.6 Å². The van der Waals surface area contributed by atoms with Crippen molar-refractivity contribution in [1.29, 1.82) is 0 Å². The Bertz CT molecular complexity index is 763. The minimum absolute atomic E-state index is 0.172. The molecule has 0 aromatic carbocycles. The van der Waals surface area contributed by atoms with Crippen molar-refractivity contribution in [3.05, 3.63) is 17.8 Å². The third-order valence-corrected chi connectivity index (χ3v) is 5.88. The smallest absolute Gasteiger partial charge is 0.270 e. The highest BCUT2D eigenvalue weighted by atomic mass is 19.1. The van der Waals surface area contributed by atoms with E-state index < -0.39 is 18.3 Å². The minimum atomic E-state index is -3.26. The van der Waals surface area contributed by atoms with Crippen molar-refractivity contribution in [2.24, 2.45) is 5.92 Å². The van der Waals surface area contributed by atoms with Crippen LogP contribution < -0.4 is 15.0 Å². The average molecular weight is 412 g/mol. The van der Waals surface area contributed by atoms with Gasteiger partial charge in [0.2, 0.25) is 5.88 Å². The fourth-order valence-corrected chi connectivity index (χ4v) is 3.31. The Balaban J connectivity index is 1.75. The summed E-state index contributed by atoms with van der Waals surface area (Å²) in [5, 5.41) is 2.87. The van der Waals surface area contributed by atoms with Gasteiger partial charge < -0.3 is 24.4 Å². The zero-order chi connectivity index (χ0) is 22.6. The summed E-state index contributed by atoms with van der Waals surface area (Å²) in [6.07, 6.45) is 3.34. The zero-order valence-electron chi connectivity index (χ0n) is 19.4. The van der Waals surface area contributed by atoms with Gasteiger partial charge >= 0.3 is 0 Å². The van der Waals surface area contributed by atoms with E-state index in [2.05, 4.69) is 15.2 Å². The molecule has 0 atom stereocenters. The Hall–Kier alpha value is -1.93. The van der Waals surface area contributed by atoms with Gasteiger partial charge in [-0.25, -0.2) is 9.37 Å². The molecule has 3 rings (SSSR count). The van der Waals surface area contributed by atoms with Gasteiger partial charge in [0.25, 0.3) is 5.91 Å². The predicted molar refractivity (Wildman–Crippen MR) is 108 cm³/mol. The lowest BCUT2D eigenvalue weighted by atomic mass is 9.93. The Kier molecular flexibility index (Phi) is 6.38. The molecule has 1 amide bonds. The zero-order valence-corrected chi connectivity index (χ0v) is 17.4. The van der Waals surface area contributed by atoms with Gasteiger partial charge in [-0.1, -0.05) is 13.8 Å². The number of nitrogens with one attached hydrogen (secondary N) is 1. The highest BCUT2D eigenvalue weighted by molar-refractivity contribution is 5.93. The first-order chi connectivity index (χ1) is 14.7. The summed E-state index contributed by atoms with van der Waals surface area (Å²) in [5.41, 5.74) is 0.110. The lowest BCUT2D eigenvalue weighted by molar-refractivity contribution is 0.0119. The third-order valence-electron chi connectivity index (χ3n) is 5.88. The van der Waals surface area contributed by atoms with Gasteiger partial charge in [-0.3, -0.25) is 4.79 Å². The number of methoxy groups -OCH3 is 1. The molecule has 7 nitrogen and oxygen atoms in total. The number of amides is 1. The van der Waals surface area contributed by atoms with E-state index in [1.807, 2.05) is 19.9 Å². The summed E-state index contributed by atoms with van der Waals surface area (Å²) in [6.45, 7) is 2.16. The maximum Gasteiger partial charge on any atom is 0.270 e. The van der Waals surface area contributed by atoms with Crippen molar-refractivity contribution >= 4 is 11.6 Å². The van der Waals surface area contributed by atoms with Crippen LogP contribution in [0.4, 0.5) is 10.1 Å². The molecule has 2 heterocycles. The van der Waals surface area contributed by atoms with Crippen molar-refractivity contribution in [3.8, 4) is 5.88 Å². The van der Waals surface area contributed by atoms with Crippen LogP contribution in [0.15, 0.2) is 12.1 Å². The van der Waals surface area contributed by atoms with Crippen LogP contribution >= 0.6 is 0 Å². The van der Waals surface area contributed by atoms with E-state index in [4.69, 9.17) is 17.0 Å². The molecule has 162 valence electrons. The first kappa shape index (κ1) is 19.1. The summed E-state index contributed by atoms with van der Waals surface area (Å²) in [5.74, 6) is 0.521. The van der Waals surface area contributed by atoms with Gasteiger partial charge in [-0.15, -0.1) is 0 Å². The Morgan fingerprint density at radius 2 is 2.10 bits per heavy atom. The number of hydrogen-bond donors (Lipinski definition) is 1. The van der Waals surface area contributed by atoms with Gasteiger partial charge in [0, 0.05) is 20.2 Å². The second kappa shape index (κ2) is 9.71. The Labute approximate surface area is 174 Å². The van der Waals surface area contributed by atoms with Crippen LogP contribution in [-0.2, 0) is 9.47 Å². The number of hydrogen-bond acceptors (Lipinski definition) is 6. The molecule has 1 saturated heterocycles. The van der Waals surface area contributed by atoms with Crippen LogP contribution in [0.25, 0.3) is 0 Å². The molecule has 0 radical (unpaired) electrons. The van der Waals surface area contributed by atoms with Gasteiger partial charge in [0.15, 0.2) is 6.81 Å². The molecule has 2 fully saturated rings. The number of carbonyl (C=O) groups is 1. The van der Waals surface area contributed by atoms with Crippen LogP contribution in [0.2, 0.25) is 0 Å². The van der Waals surface area contributed by atoms with E-state index in [-0.39, 0.29) is 18.4 Å². The predicted octanol–water partition coefficient (Wildman–Crippen LogP) is 2.94. The van der Waals surface area contributed by atoms with Crippen molar-refractivity contribution in [3.63, 3.8) is 0 Å². The number of ether oxygens (including phenoxy) is 3. The van der Waals surface area contributed by atoms with Gasteiger partial charge in [-0.05, 0) is 43.7 Å². The van der Waals surface area contributed by atoms with Crippen molar-refractivity contribution in [2.75, 3.05) is 45.1 Å². The third kappa shape index (κ3) is 5.36. The molecule has 8 heteroatoms. The van der Waals surface area contributed by atoms with E-state index in [0.29, 0.717) is 31.2 Å². The maximum atomic E-state index is 13.2. The van der Waals surface area contributed by atoms with Crippen molar-refractivity contribution < 1.29 is 26.1 Å². The standard InChI is InChI=1S/C21H32FN3O4/c1-4-21(5-2,13-28-14-22)24-19(26)17-8-9-18(25-10-16(11-25)27-3)20(23-17)29-12-15-6-7-15/h8-9,15-16H,4-7,10-14H2,1-3H3,(H,24,26)/i14D2. The summed E-state index contributed by atoms with van der Waals surface area (Å²) >= 11 is 0. The Morgan fingerprint density at radius 1 is 1.38 bits per heavy atom. The van der Waals surface area contributed by atoms with E-state index in [1.54, 1.807) is 13.2 Å². The Morgan fingerprint density at radius 3 is 2.69 bits per heavy atom. The molecule has 0 bridgehead atoms. The number of nitrogens with zero attached hydrogens (tertiary/aromatic N) is 2. The molecule has 1 aromatic heterocycles. The van der Waals surface area contributed by atoms with E-state index in [1.165, 1.54) is 0 Å². The van der Waals surface area contributed by atoms with E-state index in [9.17, 15) is 9.18 Å². The second-order valence-corrected chi connectivity index (χ2v) is 7.85. The first-order valence-electron chi connectivity index (χ1n) is 11.3. The summed E-state index contributed by atoms with van der Waals surface area (Å²) in [6, 6.07) is 3.46. The summed E-state index contributed by atoms with van der Waals surface area (Å²) in [4.78, 5) is 19.5. The molecule has 29 heavy (non-hydrogen) atoms. The normalized spacial score (nSPS) is 18.7. The van der Waals surface area contributed by atoms with Gasteiger partial charge in [-0.2, -0.15) is 0 Å². The molecule has 1 saturated carbocycles. The molecule has 1 aliphatic heterocycles. The highest BCUT2D eigenvalue weighted by Crippen LogP contribution is 2.34. The van der Waals surface area contributed by atoms with Crippen LogP contribution in [-0.4, -0.2) is 62.8 Å². The summed E-state index contributed by atoms with van der Waals surface area (Å²) in [7, 11) is 1.68. The number of carbonyl (C=O) groups excluding carboxylic acids is 1. The van der Waals surface area contributed by atoms with Crippen LogP contribution in [0, 0.1) is 5.92 Å². The fourth-order valence-electron chi connectivity index (χ4n) is 3.31. The summed E-state index contributed by atoms with van der Waals surface area (Å²) < 4.78 is 43.1. The molecule has 0 spiro atoms. The largest absolute Gasteiger partial charge is 0.476 e. The number of anilines is 1. The number of rotatable bonds is 12. The fraction of sp³-hybridized carbons (Fsp3) is 0.714. The lowest BCUT2D eigenvalue weighted by Crippen LogP contribution is -2.52. The number of aromatic nitrogens is 1. The highest BCUT2D eigenvalue weighted by Gasteiger charge is 2.32. The SMILES string of the molecule is [2H]C([2H])(F)OCC(CC)(CC)NC(=O)c1ccc(N2CC(OC)C2)c(OCC2CC2)n1. The monoisotopic (exact) mass is 411 g/mol. The second-order valence-electron chi connectivity index (χ2n) is 7.85. The van der Waals surface area contributed by atoms with Crippen LogP contribution in [0.5, 0.6) is 5.88 Å². The van der Waals surface area contributed by atoms with E-state index >= 15 is 0 Å². The molecule has 1 aliphatic carbocycles. The molecule has 0 unspecified atom stereocenters. The number of pyridine rings is 1. The molecule has 1 aromatic rings. The van der Waals surface area contributed by atoms with Gasteiger partial charge in [0.05, 0.1) is 27.6 Å². The van der Waals surface area contributed by atoms with Crippen molar-refractivity contribution in [1.82, 2.24) is 10.3 Å². The first-order valence-corrected chi connectivity index (χ1v) is 10.3. The average Bonchev–Trinajstić information content (AvgIpc) is 3.53. The molecular weight excluding hydrogens is 377 g/mol.